The second-order valence-electron chi connectivity index (χ2n) is 14.5. The van der Waals surface area contributed by atoms with Gasteiger partial charge in [-0.3, -0.25) is 4.79 Å². The Hall–Kier alpha value is -2.24. The smallest absolute Gasteiger partial charge is 0.347 e. The number of ether oxygens (including phenoxy) is 2. The Morgan fingerprint density at radius 1 is 0.927 bits per heavy atom. The quantitative estimate of drug-likeness (QED) is 0.167. The van der Waals surface area contributed by atoms with Crippen LogP contribution in [0.1, 0.15) is 151 Å². The van der Waals surface area contributed by atoms with E-state index in [4.69, 9.17) is 9.47 Å². The highest BCUT2D eigenvalue weighted by Crippen LogP contribution is 2.40. The van der Waals surface area contributed by atoms with E-state index in [1.807, 2.05) is 59.4 Å². The summed E-state index contributed by atoms with van der Waals surface area (Å²) in [6.45, 7) is 18.1. The number of rotatable bonds is 15. The summed E-state index contributed by atoms with van der Waals surface area (Å²) in [5.74, 6) is 0.474. The molecule has 0 radical (unpaired) electrons. The van der Waals surface area contributed by atoms with Gasteiger partial charge in [-0.05, 0) is 64.2 Å². The number of carbonyl (C=O) groups excluding carboxylic acids is 2. The van der Waals surface area contributed by atoms with Gasteiger partial charge in [0, 0.05) is 36.4 Å². The van der Waals surface area contributed by atoms with Crippen molar-refractivity contribution in [3.63, 3.8) is 0 Å². The molecular formula is C35H59NO5. The largest absolute Gasteiger partial charge is 0.508 e. The number of esters is 1. The Labute approximate surface area is 250 Å². The number of piperidine rings is 1. The molecule has 234 valence electrons. The molecular weight excluding hydrogens is 514 g/mol. The fourth-order valence-corrected chi connectivity index (χ4v) is 6.76. The molecule has 1 aliphatic rings. The first-order valence-corrected chi connectivity index (χ1v) is 16.1. The molecule has 1 N–H and O–H groups in total. The predicted octanol–water partition coefficient (Wildman–Crippen LogP) is 8.86. The second-order valence-corrected chi connectivity index (χ2v) is 14.5. The number of unbranched alkanes of at least 4 members (excludes halogenated alkanes) is 9. The number of phenols is 1. The number of aromatic hydroxyl groups is 1. The van der Waals surface area contributed by atoms with Crippen LogP contribution in [0.3, 0.4) is 0 Å². The summed E-state index contributed by atoms with van der Waals surface area (Å²) in [5.41, 5.74) is -0.340. The summed E-state index contributed by atoms with van der Waals surface area (Å²) in [4.78, 5) is 28.0. The third kappa shape index (κ3) is 10.8. The Morgan fingerprint density at radius 3 is 1.93 bits per heavy atom. The second kappa shape index (κ2) is 15.3. The van der Waals surface area contributed by atoms with Gasteiger partial charge in [-0.25, -0.2) is 4.79 Å². The molecule has 2 rings (SSSR count). The number of likely N-dealkylation sites (tertiary alicyclic amines) is 1. The molecule has 0 bridgehead atoms. The van der Waals surface area contributed by atoms with Crippen molar-refractivity contribution in [2.75, 3.05) is 0 Å². The summed E-state index contributed by atoms with van der Waals surface area (Å²) < 4.78 is 12.4. The molecule has 1 atom stereocenters. The fourth-order valence-electron chi connectivity index (χ4n) is 6.76. The zero-order chi connectivity index (χ0) is 30.8. The number of carbonyl (C=O) groups is 2. The molecule has 0 spiro atoms. The van der Waals surface area contributed by atoms with Crippen molar-refractivity contribution < 1.29 is 24.2 Å². The van der Waals surface area contributed by atoms with Gasteiger partial charge in [0.15, 0.2) is 6.10 Å². The van der Waals surface area contributed by atoms with Gasteiger partial charge in [-0.1, -0.05) is 85.5 Å². The summed E-state index contributed by atoms with van der Waals surface area (Å²) >= 11 is 0. The van der Waals surface area contributed by atoms with Crippen molar-refractivity contribution in [2.45, 2.75) is 174 Å². The van der Waals surface area contributed by atoms with E-state index in [0.29, 0.717) is 25.0 Å². The van der Waals surface area contributed by atoms with Gasteiger partial charge in [-0.2, -0.15) is 0 Å². The first-order chi connectivity index (χ1) is 19.1. The molecule has 1 heterocycles. The molecule has 1 aromatic carbocycles. The van der Waals surface area contributed by atoms with Crippen LogP contribution in [0.15, 0.2) is 18.2 Å². The standard InChI is InChI=1S/C35H59NO5/c1-10-11-12-13-14-15-16-17-18-19-20-31(40-27-21-22-30(38)29(23-27)33(3,4)5)32(39)41-28-24-34(6,7)36(26(2)37)35(8,9)25-28/h21-23,28,31,38H,10-20,24-25H2,1-9H3. The van der Waals surface area contributed by atoms with E-state index in [0.717, 1.165) is 24.8 Å². The van der Waals surface area contributed by atoms with Crippen molar-refractivity contribution >= 4 is 11.9 Å². The van der Waals surface area contributed by atoms with Crippen molar-refractivity contribution in [2.24, 2.45) is 0 Å². The van der Waals surface area contributed by atoms with E-state index in [1.165, 1.54) is 44.9 Å². The number of amides is 1. The van der Waals surface area contributed by atoms with E-state index >= 15 is 0 Å². The maximum Gasteiger partial charge on any atom is 0.347 e. The Morgan fingerprint density at radius 2 is 1.44 bits per heavy atom. The molecule has 1 fully saturated rings. The molecule has 1 unspecified atom stereocenters. The third-order valence-corrected chi connectivity index (χ3v) is 8.40. The van der Waals surface area contributed by atoms with Gasteiger partial charge in [0.05, 0.1) is 0 Å². The maximum absolute atomic E-state index is 13.6. The van der Waals surface area contributed by atoms with Crippen LogP contribution in [0.2, 0.25) is 0 Å². The van der Waals surface area contributed by atoms with E-state index in [9.17, 15) is 14.7 Å². The van der Waals surface area contributed by atoms with Crippen LogP contribution in [-0.2, 0) is 19.7 Å². The predicted molar refractivity (Wildman–Crippen MR) is 167 cm³/mol. The van der Waals surface area contributed by atoms with Crippen molar-refractivity contribution in [1.82, 2.24) is 4.90 Å². The van der Waals surface area contributed by atoms with Crippen LogP contribution >= 0.6 is 0 Å². The lowest BCUT2D eigenvalue weighted by atomic mass is 9.78. The number of hydrogen-bond donors (Lipinski definition) is 1. The summed E-state index contributed by atoms with van der Waals surface area (Å²) in [6.07, 6.45) is 12.9. The lowest BCUT2D eigenvalue weighted by Crippen LogP contribution is -2.64. The van der Waals surface area contributed by atoms with Crippen LogP contribution < -0.4 is 4.74 Å². The average molecular weight is 574 g/mol. The van der Waals surface area contributed by atoms with Gasteiger partial charge < -0.3 is 19.5 Å². The lowest BCUT2D eigenvalue weighted by molar-refractivity contribution is -0.172. The number of hydrogen-bond acceptors (Lipinski definition) is 5. The van der Waals surface area contributed by atoms with E-state index in [2.05, 4.69) is 6.92 Å². The Bertz CT molecular complexity index is 959. The third-order valence-electron chi connectivity index (χ3n) is 8.40. The van der Waals surface area contributed by atoms with Gasteiger partial charge in [-0.15, -0.1) is 0 Å². The monoisotopic (exact) mass is 573 g/mol. The van der Waals surface area contributed by atoms with E-state index < -0.39 is 17.2 Å². The zero-order valence-electron chi connectivity index (χ0n) is 27.6. The summed E-state index contributed by atoms with van der Waals surface area (Å²) in [5, 5.41) is 10.4. The van der Waals surface area contributed by atoms with Gasteiger partial charge >= 0.3 is 5.97 Å². The highest BCUT2D eigenvalue weighted by atomic mass is 16.6. The molecule has 1 saturated heterocycles. The topological polar surface area (TPSA) is 76.1 Å². The number of phenolic OH excluding ortho intramolecular Hbond substituents is 1. The first kappa shape index (κ1) is 35.0. The molecule has 1 aromatic rings. The Balaban J connectivity index is 2.08. The highest BCUT2D eigenvalue weighted by molar-refractivity contribution is 5.76. The summed E-state index contributed by atoms with van der Waals surface area (Å²) in [6, 6.07) is 5.20. The van der Waals surface area contributed by atoms with Crippen LogP contribution in [-0.4, -0.2) is 45.2 Å². The number of nitrogens with zero attached hydrogens (tertiary/aromatic N) is 1. The molecule has 6 nitrogen and oxygen atoms in total. The molecule has 1 amide bonds. The minimum atomic E-state index is -0.724. The van der Waals surface area contributed by atoms with Gasteiger partial charge in [0.2, 0.25) is 5.91 Å². The van der Waals surface area contributed by atoms with Crippen LogP contribution in [0.4, 0.5) is 0 Å². The van der Waals surface area contributed by atoms with Crippen molar-refractivity contribution in [3.05, 3.63) is 23.8 Å². The van der Waals surface area contributed by atoms with Crippen LogP contribution in [0.25, 0.3) is 0 Å². The normalized spacial score (nSPS) is 17.7. The zero-order valence-corrected chi connectivity index (χ0v) is 27.6. The van der Waals surface area contributed by atoms with Crippen LogP contribution in [0.5, 0.6) is 11.5 Å². The van der Waals surface area contributed by atoms with Gasteiger partial charge in [0.1, 0.15) is 17.6 Å². The Kier molecular flexibility index (Phi) is 13.0. The van der Waals surface area contributed by atoms with E-state index in [1.54, 1.807) is 19.1 Å². The molecule has 6 heteroatoms. The van der Waals surface area contributed by atoms with Crippen molar-refractivity contribution in [3.8, 4) is 11.5 Å². The average Bonchev–Trinajstić information content (AvgIpc) is 2.82. The molecule has 0 saturated carbocycles. The summed E-state index contributed by atoms with van der Waals surface area (Å²) in [7, 11) is 0. The minimum absolute atomic E-state index is 0.0360. The number of benzene rings is 1. The van der Waals surface area contributed by atoms with Crippen molar-refractivity contribution in [1.29, 1.82) is 0 Å². The molecule has 41 heavy (non-hydrogen) atoms. The molecule has 0 aromatic heterocycles. The molecule has 0 aliphatic carbocycles. The van der Waals surface area contributed by atoms with Crippen LogP contribution in [0, 0.1) is 0 Å². The SMILES string of the molecule is CCCCCCCCCCCCC(Oc1ccc(O)c(C(C)(C)C)c1)C(=O)OC1CC(C)(C)N(C(C)=O)C(C)(C)C1. The lowest BCUT2D eigenvalue weighted by Gasteiger charge is -2.54. The van der Waals surface area contributed by atoms with Gasteiger partial charge in [0.25, 0.3) is 0 Å². The highest BCUT2D eigenvalue weighted by Gasteiger charge is 2.48. The minimum Gasteiger partial charge on any atom is -0.508 e. The molecule has 1 aliphatic heterocycles. The van der Waals surface area contributed by atoms with E-state index in [-0.39, 0.29) is 29.1 Å². The first-order valence-electron chi connectivity index (χ1n) is 16.1. The maximum atomic E-state index is 13.6. The fraction of sp³-hybridized carbons (Fsp3) is 0.771.